The second kappa shape index (κ2) is 14.4. The molecule has 2 aromatic rings. The number of hydrogen-bond donors (Lipinski definition) is 3. The van der Waals surface area contributed by atoms with Crippen LogP contribution in [0.15, 0.2) is 48.5 Å². The van der Waals surface area contributed by atoms with E-state index >= 15 is 0 Å². The van der Waals surface area contributed by atoms with Gasteiger partial charge in [0.1, 0.15) is 17.9 Å². The molecule has 3 heterocycles. The van der Waals surface area contributed by atoms with Gasteiger partial charge in [0, 0.05) is 23.8 Å². The van der Waals surface area contributed by atoms with Gasteiger partial charge in [0.25, 0.3) is 5.91 Å². The number of carbonyl (C=O) groups is 3. The number of ether oxygens (including phenoxy) is 4. The van der Waals surface area contributed by atoms with E-state index in [1.165, 1.54) is 16.7 Å². The van der Waals surface area contributed by atoms with Gasteiger partial charge >= 0.3 is 6.09 Å². The molecule has 3 saturated heterocycles. The summed E-state index contributed by atoms with van der Waals surface area (Å²) in [5.74, 6) is -0.220. The highest BCUT2D eigenvalue weighted by Gasteiger charge is 2.50. The molecule has 3 N–H and O–H groups in total. The Labute approximate surface area is 268 Å². The van der Waals surface area contributed by atoms with Crippen molar-refractivity contribution in [1.29, 1.82) is 0 Å². The van der Waals surface area contributed by atoms with Crippen molar-refractivity contribution >= 4 is 29.7 Å². The SMILES string of the molecule is COc1cccc(C[C@H](NC(=O)O[C@H]2CO[C@H]3OCCC[C@H]32)[C@H](O)C(=O)N2CSC(C)(C)[C@H]2C(=O)NCc2ccccc2C)c1. The Kier molecular flexibility index (Phi) is 10.6. The van der Waals surface area contributed by atoms with Gasteiger partial charge < -0.3 is 39.6 Å². The van der Waals surface area contributed by atoms with E-state index in [0.717, 1.165) is 29.5 Å². The van der Waals surface area contributed by atoms with E-state index in [0.29, 0.717) is 18.9 Å². The van der Waals surface area contributed by atoms with Gasteiger partial charge in [0.2, 0.25) is 5.91 Å². The van der Waals surface area contributed by atoms with E-state index in [-0.39, 0.29) is 30.7 Å². The third kappa shape index (κ3) is 7.74. The number of benzene rings is 2. The number of thioether (sulfide) groups is 1. The molecule has 11 nitrogen and oxygen atoms in total. The average molecular weight is 642 g/mol. The molecule has 0 aromatic heterocycles. The lowest BCUT2D eigenvalue weighted by atomic mass is 9.96. The Bertz CT molecular complexity index is 1370. The zero-order valence-corrected chi connectivity index (χ0v) is 27.0. The molecule has 5 rings (SSSR count). The Balaban J connectivity index is 1.31. The molecule has 244 valence electrons. The summed E-state index contributed by atoms with van der Waals surface area (Å²) >= 11 is 1.46. The molecule has 3 fully saturated rings. The number of nitrogens with one attached hydrogen (secondary N) is 2. The highest BCUT2D eigenvalue weighted by atomic mass is 32.2. The van der Waals surface area contributed by atoms with Crippen molar-refractivity contribution in [2.45, 2.75) is 81.9 Å². The molecule has 0 saturated carbocycles. The Morgan fingerprint density at radius 2 is 1.96 bits per heavy atom. The van der Waals surface area contributed by atoms with Gasteiger partial charge in [-0.3, -0.25) is 9.59 Å². The summed E-state index contributed by atoms with van der Waals surface area (Å²) in [4.78, 5) is 42.2. The third-order valence-corrected chi connectivity index (χ3v) is 10.2. The number of aliphatic hydroxyl groups is 1. The summed E-state index contributed by atoms with van der Waals surface area (Å²) in [7, 11) is 1.55. The summed E-state index contributed by atoms with van der Waals surface area (Å²) in [5, 5.41) is 17.3. The largest absolute Gasteiger partial charge is 0.497 e. The van der Waals surface area contributed by atoms with Crippen LogP contribution in [-0.4, -0.2) is 89.4 Å². The fraction of sp³-hybridized carbons (Fsp3) is 0.545. The number of hydrogen-bond acceptors (Lipinski definition) is 9. The quantitative estimate of drug-likeness (QED) is 0.358. The van der Waals surface area contributed by atoms with Crippen molar-refractivity contribution in [3.63, 3.8) is 0 Å². The van der Waals surface area contributed by atoms with Crippen molar-refractivity contribution in [2.75, 3.05) is 26.2 Å². The zero-order valence-electron chi connectivity index (χ0n) is 26.2. The van der Waals surface area contributed by atoms with Crippen LogP contribution in [0.25, 0.3) is 0 Å². The number of amides is 3. The van der Waals surface area contributed by atoms with Crippen LogP contribution in [0.4, 0.5) is 4.79 Å². The van der Waals surface area contributed by atoms with Crippen LogP contribution in [0.2, 0.25) is 0 Å². The van der Waals surface area contributed by atoms with Crippen molar-refractivity contribution in [2.24, 2.45) is 5.92 Å². The molecule has 3 aliphatic rings. The lowest BCUT2D eigenvalue weighted by molar-refractivity contribution is -0.152. The first kappa shape index (κ1) is 33.1. The number of aryl methyl sites for hydroxylation is 1. The van der Waals surface area contributed by atoms with Gasteiger partial charge in [-0.1, -0.05) is 36.4 Å². The second-order valence-electron chi connectivity index (χ2n) is 12.3. The average Bonchev–Trinajstić information content (AvgIpc) is 3.59. The van der Waals surface area contributed by atoms with Crippen LogP contribution in [0.1, 0.15) is 43.4 Å². The maximum absolute atomic E-state index is 14.0. The summed E-state index contributed by atoms with van der Waals surface area (Å²) in [6.07, 6.45) is -1.55. The number of rotatable bonds is 10. The van der Waals surface area contributed by atoms with Crippen LogP contribution < -0.4 is 15.4 Å². The molecule has 2 aromatic carbocycles. The molecule has 45 heavy (non-hydrogen) atoms. The summed E-state index contributed by atoms with van der Waals surface area (Å²) in [5.41, 5.74) is 2.77. The summed E-state index contributed by atoms with van der Waals surface area (Å²) in [6.45, 7) is 6.92. The lowest BCUT2D eigenvalue weighted by Gasteiger charge is -2.33. The van der Waals surface area contributed by atoms with Gasteiger partial charge in [-0.15, -0.1) is 11.8 Å². The maximum atomic E-state index is 14.0. The highest BCUT2D eigenvalue weighted by molar-refractivity contribution is 8.00. The second-order valence-corrected chi connectivity index (χ2v) is 13.9. The number of aliphatic hydroxyl groups excluding tert-OH is 1. The van der Waals surface area contributed by atoms with E-state index in [1.54, 1.807) is 25.3 Å². The minimum atomic E-state index is -1.66. The van der Waals surface area contributed by atoms with Crippen molar-refractivity contribution in [1.82, 2.24) is 15.5 Å². The fourth-order valence-electron chi connectivity index (χ4n) is 6.21. The minimum absolute atomic E-state index is 0.0734. The molecule has 0 bridgehead atoms. The Morgan fingerprint density at radius 3 is 2.73 bits per heavy atom. The first-order valence-corrected chi connectivity index (χ1v) is 16.3. The van der Waals surface area contributed by atoms with Crippen molar-refractivity contribution in [3.8, 4) is 5.75 Å². The predicted molar refractivity (Wildman–Crippen MR) is 169 cm³/mol. The first-order valence-electron chi connectivity index (χ1n) is 15.4. The van der Waals surface area contributed by atoms with Gasteiger partial charge in [0.15, 0.2) is 12.4 Å². The van der Waals surface area contributed by atoms with E-state index in [4.69, 9.17) is 18.9 Å². The maximum Gasteiger partial charge on any atom is 0.407 e. The van der Waals surface area contributed by atoms with Gasteiger partial charge in [-0.2, -0.15) is 0 Å². The first-order chi connectivity index (χ1) is 21.6. The predicted octanol–water partition coefficient (Wildman–Crippen LogP) is 3.15. The number of alkyl carbamates (subject to hydrolysis) is 1. The van der Waals surface area contributed by atoms with Gasteiger partial charge in [0.05, 0.1) is 25.6 Å². The molecular formula is C33H43N3O8S. The van der Waals surface area contributed by atoms with Gasteiger partial charge in [-0.05, 0) is 68.9 Å². The van der Waals surface area contributed by atoms with Crippen LogP contribution in [0, 0.1) is 12.8 Å². The summed E-state index contributed by atoms with van der Waals surface area (Å²) in [6, 6.07) is 13.1. The molecule has 6 atom stereocenters. The monoisotopic (exact) mass is 641 g/mol. The van der Waals surface area contributed by atoms with Crippen LogP contribution in [-0.2, 0) is 36.8 Å². The van der Waals surface area contributed by atoms with Crippen LogP contribution >= 0.6 is 11.8 Å². The van der Waals surface area contributed by atoms with E-state index < -0.39 is 47.3 Å². The topological polar surface area (TPSA) is 136 Å². The number of methoxy groups -OCH3 is 1. The van der Waals surface area contributed by atoms with Crippen LogP contribution in [0.3, 0.4) is 0 Å². The smallest absolute Gasteiger partial charge is 0.407 e. The normalized spacial score (nSPS) is 25.1. The molecular weight excluding hydrogens is 598 g/mol. The number of nitrogens with zero attached hydrogens (tertiary/aromatic N) is 1. The molecule has 0 spiro atoms. The molecule has 0 unspecified atom stereocenters. The molecule has 3 amide bonds. The number of carbonyl (C=O) groups excluding carboxylic acids is 3. The van der Waals surface area contributed by atoms with Crippen molar-refractivity contribution < 1.29 is 38.4 Å². The van der Waals surface area contributed by atoms with Crippen molar-refractivity contribution in [3.05, 3.63) is 65.2 Å². The fourth-order valence-corrected chi connectivity index (χ4v) is 7.35. The highest BCUT2D eigenvalue weighted by Crippen LogP contribution is 2.40. The Morgan fingerprint density at radius 1 is 1.16 bits per heavy atom. The minimum Gasteiger partial charge on any atom is -0.497 e. The van der Waals surface area contributed by atoms with E-state index in [1.807, 2.05) is 51.1 Å². The summed E-state index contributed by atoms with van der Waals surface area (Å²) < 4.78 is 21.8. The zero-order chi connectivity index (χ0) is 32.1. The molecule has 3 aliphatic heterocycles. The lowest BCUT2D eigenvalue weighted by Crippen LogP contribution is -2.58. The number of fused-ring (bicyclic) bond motifs is 1. The van der Waals surface area contributed by atoms with E-state index in [9.17, 15) is 19.5 Å². The third-order valence-electron chi connectivity index (χ3n) is 8.79. The van der Waals surface area contributed by atoms with Gasteiger partial charge in [-0.25, -0.2) is 4.79 Å². The molecule has 12 heteroatoms. The molecule has 0 aliphatic carbocycles. The standard InChI is InChI=1S/C33H43N3O8S/c1-20-9-5-6-11-22(20)17-34-29(38)28-33(2,3)45-19-36(28)30(39)27(37)25(16-21-10-7-12-23(15-21)41-4)35-32(40)44-26-18-43-31-24(26)13-8-14-42-31/h5-7,9-12,15,24-28,31,37H,8,13-14,16-19H2,1-4H3,(H,34,38)(H,35,40)/t24-,25-,26-,27-,28+,31+/m0/s1. The molecule has 0 radical (unpaired) electrons. The Hall–Kier alpha value is -3.32. The van der Waals surface area contributed by atoms with E-state index in [2.05, 4.69) is 10.6 Å². The van der Waals surface area contributed by atoms with Crippen LogP contribution in [0.5, 0.6) is 5.75 Å².